The van der Waals surface area contributed by atoms with Gasteiger partial charge in [-0.05, 0) is 70.5 Å². The third-order valence-corrected chi connectivity index (χ3v) is 5.04. The van der Waals surface area contributed by atoms with E-state index >= 15 is 0 Å². The summed E-state index contributed by atoms with van der Waals surface area (Å²) in [5.41, 5.74) is 0.515. The number of nitrogens with zero attached hydrogens (tertiary/aromatic N) is 1. The number of phenols is 1. The Labute approximate surface area is 179 Å². The van der Waals surface area contributed by atoms with Crippen LogP contribution < -0.4 is 0 Å². The van der Waals surface area contributed by atoms with Crippen LogP contribution >= 0.6 is 11.6 Å². The van der Waals surface area contributed by atoms with Crippen LogP contribution in [0.1, 0.15) is 55.2 Å². The van der Waals surface area contributed by atoms with E-state index in [0.717, 1.165) is 0 Å². The van der Waals surface area contributed by atoms with Crippen molar-refractivity contribution in [1.82, 2.24) is 4.57 Å². The molecule has 30 heavy (non-hydrogen) atoms. The maximum Gasteiger partial charge on any atom is 0.313 e. The fourth-order valence-electron chi connectivity index (χ4n) is 3.53. The SMILES string of the molecule is Cc1c(C(C)C(=O)OC(C)(C)C)c2c(F)c(O)ccc2n1C(=O)c1cccc(Cl)c1. The van der Waals surface area contributed by atoms with Gasteiger partial charge in [0, 0.05) is 21.7 Å². The van der Waals surface area contributed by atoms with Crippen molar-refractivity contribution in [3.05, 3.63) is 64.1 Å². The Morgan fingerprint density at radius 3 is 2.47 bits per heavy atom. The first-order valence-corrected chi connectivity index (χ1v) is 9.85. The fourth-order valence-corrected chi connectivity index (χ4v) is 3.72. The molecule has 0 saturated carbocycles. The number of hydrogen-bond acceptors (Lipinski definition) is 4. The third-order valence-electron chi connectivity index (χ3n) is 4.80. The molecule has 7 heteroatoms. The van der Waals surface area contributed by atoms with Crippen molar-refractivity contribution in [2.45, 2.75) is 46.1 Å². The molecular weight excluding hydrogens is 409 g/mol. The van der Waals surface area contributed by atoms with E-state index < -0.39 is 35.0 Å². The Balaban J connectivity index is 2.26. The van der Waals surface area contributed by atoms with Crippen LogP contribution in [-0.2, 0) is 9.53 Å². The lowest BCUT2D eigenvalue weighted by Gasteiger charge is -2.22. The van der Waals surface area contributed by atoms with Crippen LogP contribution in [0.4, 0.5) is 4.39 Å². The van der Waals surface area contributed by atoms with Crippen molar-refractivity contribution < 1.29 is 23.8 Å². The van der Waals surface area contributed by atoms with Gasteiger partial charge in [-0.3, -0.25) is 14.2 Å². The summed E-state index contributed by atoms with van der Waals surface area (Å²) in [6.07, 6.45) is 0. The van der Waals surface area contributed by atoms with E-state index in [1.807, 2.05) is 0 Å². The molecule has 0 saturated heterocycles. The number of halogens is 2. The normalized spacial score (nSPS) is 12.8. The minimum Gasteiger partial charge on any atom is -0.505 e. The van der Waals surface area contributed by atoms with Crippen molar-refractivity contribution in [2.24, 2.45) is 0 Å². The van der Waals surface area contributed by atoms with Gasteiger partial charge >= 0.3 is 5.97 Å². The van der Waals surface area contributed by atoms with Gasteiger partial charge in [-0.25, -0.2) is 4.39 Å². The number of fused-ring (bicyclic) bond motifs is 1. The highest BCUT2D eigenvalue weighted by atomic mass is 35.5. The zero-order chi connectivity index (χ0) is 22.4. The van der Waals surface area contributed by atoms with Gasteiger partial charge in [0.15, 0.2) is 11.6 Å². The Bertz CT molecular complexity index is 1160. The number of carbonyl (C=O) groups is 2. The van der Waals surface area contributed by atoms with Crippen LogP contribution in [0, 0.1) is 12.7 Å². The molecule has 0 amide bonds. The molecule has 0 aliphatic heterocycles. The van der Waals surface area contributed by atoms with E-state index in [2.05, 4.69) is 0 Å². The van der Waals surface area contributed by atoms with Gasteiger partial charge in [-0.2, -0.15) is 0 Å². The Morgan fingerprint density at radius 2 is 1.87 bits per heavy atom. The number of aromatic nitrogens is 1. The molecule has 1 aromatic heterocycles. The standard InChI is InChI=1S/C23H23ClFNO4/c1-12(22(29)30-23(3,4)5)18-13(2)26(16-9-10-17(27)20(25)19(16)18)21(28)14-7-6-8-15(24)11-14/h6-12,27H,1-5H3. The first-order chi connectivity index (χ1) is 13.9. The van der Waals surface area contributed by atoms with Gasteiger partial charge < -0.3 is 9.84 Å². The lowest BCUT2D eigenvalue weighted by atomic mass is 9.97. The van der Waals surface area contributed by atoms with E-state index in [-0.39, 0.29) is 10.9 Å². The highest BCUT2D eigenvalue weighted by Gasteiger charge is 2.31. The molecule has 0 spiro atoms. The summed E-state index contributed by atoms with van der Waals surface area (Å²) in [6, 6.07) is 9.05. The predicted molar refractivity (Wildman–Crippen MR) is 114 cm³/mol. The molecule has 5 nitrogen and oxygen atoms in total. The molecule has 1 N–H and O–H groups in total. The molecule has 0 radical (unpaired) electrons. The summed E-state index contributed by atoms with van der Waals surface area (Å²) in [5.74, 6) is -3.29. The van der Waals surface area contributed by atoms with Crippen LogP contribution in [0.15, 0.2) is 36.4 Å². The van der Waals surface area contributed by atoms with Gasteiger partial charge in [0.25, 0.3) is 5.91 Å². The monoisotopic (exact) mass is 431 g/mol. The maximum atomic E-state index is 15.0. The van der Waals surface area contributed by atoms with Gasteiger partial charge in [0.1, 0.15) is 5.60 Å². The number of ether oxygens (including phenoxy) is 1. The summed E-state index contributed by atoms with van der Waals surface area (Å²) in [7, 11) is 0. The minimum atomic E-state index is -0.890. The number of hydrogen-bond donors (Lipinski definition) is 1. The number of carbonyl (C=O) groups excluding carboxylic acids is 2. The van der Waals surface area contributed by atoms with Crippen LogP contribution in [-0.4, -0.2) is 27.2 Å². The second-order valence-corrected chi connectivity index (χ2v) is 8.63. The highest BCUT2D eigenvalue weighted by Crippen LogP contribution is 2.38. The lowest BCUT2D eigenvalue weighted by Crippen LogP contribution is -2.27. The smallest absolute Gasteiger partial charge is 0.313 e. The van der Waals surface area contributed by atoms with E-state index in [1.165, 1.54) is 22.8 Å². The van der Waals surface area contributed by atoms with Gasteiger partial charge in [-0.15, -0.1) is 0 Å². The number of benzene rings is 2. The summed E-state index contributed by atoms with van der Waals surface area (Å²) in [5, 5.41) is 10.3. The van der Waals surface area contributed by atoms with Gasteiger partial charge in [-0.1, -0.05) is 17.7 Å². The number of phenolic OH excluding ortho intramolecular Hbond substituents is 1. The topological polar surface area (TPSA) is 68.5 Å². The fraction of sp³-hybridized carbons (Fsp3) is 0.304. The lowest BCUT2D eigenvalue weighted by molar-refractivity contribution is -0.156. The average molecular weight is 432 g/mol. The molecule has 3 aromatic rings. The summed E-state index contributed by atoms with van der Waals surface area (Å²) >= 11 is 6.02. The Hall–Kier alpha value is -2.86. The minimum absolute atomic E-state index is 0.0150. The molecule has 2 aromatic carbocycles. The molecule has 1 atom stereocenters. The number of rotatable bonds is 3. The zero-order valence-electron chi connectivity index (χ0n) is 17.4. The predicted octanol–water partition coefficient (Wildman–Crippen LogP) is 5.58. The first-order valence-electron chi connectivity index (χ1n) is 9.48. The molecule has 0 bridgehead atoms. The molecule has 1 heterocycles. The van der Waals surface area contributed by atoms with E-state index in [4.69, 9.17) is 16.3 Å². The second kappa shape index (κ2) is 7.76. The molecular formula is C23H23ClFNO4. The van der Waals surface area contributed by atoms with Crippen LogP contribution in [0.5, 0.6) is 5.75 Å². The zero-order valence-corrected chi connectivity index (χ0v) is 18.2. The molecule has 0 fully saturated rings. The van der Waals surface area contributed by atoms with Crippen LogP contribution in [0.3, 0.4) is 0 Å². The quantitative estimate of drug-likeness (QED) is 0.549. The average Bonchev–Trinajstić information content (AvgIpc) is 2.94. The summed E-state index contributed by atoms with van der Waals surface area (Å²) in [4.78, 5) is 26.0. The molecule has 1 unspecified atom stereocenters. The van der Waals surface area contributed by atoms with Crippen molar-refractivity contribution in [3.8, 4) is 5.75 Å². The van der Waals surface area contributed by atoms with Crippen LogP contribution in [0.25, 0.3) is 10.9 Å². The number of esters is 1. The van der Waals surface area contributed by atoms with Crippen LogP contribution in [0.2, 0.25) is 5.02 Å². The van der Waals surface area contributed by atoms with Gasteiger partial charge in [0.05, 0.1) is 11.4 Å². The first kappa shape index (κ1) is 21.8. The van der Waals surface area contributed by atoms with Crippen molar-refractivity contribution >= 4 is 34.4 Å². The van der Waals surface area contributed by atoms with Crippen molar-refractivity contribution in [2.75, 3.05) is 0 Å². The number of aromatic hydroxyl groups is 1. The van der Waals surface area contributed by atoms with E-state index in [1.54, 1.807) is 52.8 Å². The molecule has 0 aliphatic carbocycles. The largest absolute Gasteiger partial charge is 0.505 e. The van der Waals surface area contributed by atoms with Crippen molar-refractivity contribution in [3.63, 3.8) is 0 Å². The van der Waals surface area contributed by atoms with Crippen molar-refractivity contribution in [1.29, 1.82) is 0 Å². The molecule has 3 rings (SSSR count). The molecule has 158 valence electrons. The summed E-state index contributed by atoms with van der Waals surface area (Å²) in [6.45, 7) is 8.44. The van der Waals surface area contributed by atoms with Gasteiger partial charge in [0.2, 0.25) is 0 Å². The second-order valence-electron chi connectivity index (χ2n) is 8.20. The Morgan fingerprint density at radius 1 is 1.20 bits per heavy atom. The van der Waals surface area contributed by atoms with E-state index in [0.29, 0.717) is 21.8 Å². The summed E-state index contributed by atoms with van der Waals surface area (Å²) < 4.78 is 21.8. The van der Waals surface area contributed by atoms with E-state index in [9.17, 15) is 19.1 Å². The highest BCUT2D eigenvalue weighted by molar-refractivity contribution is 6.31. The maximum absolute atomic E-state index is 15.0. The molecule has 0 aliphatic rings. The third kappa shape index (κ3) is 3.92. The Kier molecular flexibility index (Phi) is 5.65.